The average Bonchev–Trinajstić information content (AvgIpc) is 2.73. The predicted octanol–water partition coefficient (Wildman–Crippen LogP) is -0.642. The van der Waals surface area contributed by atoms with E-state index in [1.54, 1.807) is 12.3 Å². The number of anilines is 1. The quantitative estimate of drug-likeness (QED) is 0.566. The summed E-state index contributed by atoms with van der Waals surface area (Å²) in [6.07, 6.45) is 3.13. The molecule has 0 amide bonds. The average molecular weight is 288 g/mol. The summed E-state index contributed by atoms with van der Waals surface area (Å²) in [7, 11) is -3.98. The van der Waals surface area contributed by atoms with Crippen LogP contribution in [-0.2, 0) is 16.7 Å². The fourth-order valence-corrected chi connectivity index (χ4v) is 2.20. The minimum Gasteiger partial charge on any atom is -0.367 e. The highest BCUT2D eigenvalue weighted by atomic mass is 32.2. The molecular weight excluding hydrogens is 278 g/mol. The van der Waals surface area contributed by atoms with Crippen LogP contribution in [0.25, 0.3) is 10.6 Å². The van der Waals surface area contributed by atoms with Crippen LogP contribution in [0.5, 0.6) is 0 Å². The molecule has 0 atom stereocenters. The molecule has 0 spiro atoms. The second kappa shape index (κ2) is 4.92. The van der Waals surface area contributed by atoms with Crippen molar-refractivity contribution in [3.8, 4) is 10.6 Å². The van der Waals surface area contributed by atoms with Gasteiger partial charge in [-0.25, -0.2) is 0 Å². The predicted molar refractivity (Wildman–Crippen MR) is 64.2 cm³/mol. The van der Waals surface area contributed by atoms with Crippen molar-refractivity contribution in [3.05, 3.63) is 18.5 Å². The first-order valence-corrected chi connectivity index (χ1v) is 7.23. The lowest BCUT2D eigenvalue weighted by Gasteiger charge is -1.94. The summed E-state index contributed by atoms with van der Waals surface area (Å²) in [6.45, 7) is 0.0807. The van der Waals surface area contributed by atoms with Crippen molar-refractivity contribution in [2.75, 3.05) is 11.5 Å². The zero-order valence-electron chi connectivity index (χ0n) is 9.09. The number of hydrogen-bond donors (Lipinski definition) is 2. The Balaban J connectivity index is 2.10. The lowest BCUT2D eigenvalue weighted by molar-refractivity contribution is -0.750. The van der Waals surface area contributed by atoms with Crippen molar-refractivity contribution >= 4 is 27.6 Å². The fourth-order valence-electron chi connectivity index (χ4n) is 1.20. The molecule has 8 nitrogen and oxygen atoms in total. The van der Waals surface area contributed by atoms with Crippen LogP contribution in [0.2, 0.25) is 0 Å². The van der Waals surface area contributed by atoms with Crippen LogP contribution in [0.1, 0.15) is 0 Å². The molecule has 2 rings (SSSR count). The third-order valence-corrected chi connectivity index (χ3v) is 3.52. The molecule has 0 unspecified atom stereocenters. The highest BCUT2D eigenvalue weighted by Crippen LogP contribution is 2.19. The molecule has 2 heterocycles. The molecule has 0 aliphatic heterocycles. The Morgan fingerprint density at radius 2 is 2.28 bits per heavy atom. The van der Waals surface area contributed by atoms with E-state index in [-0.39, 0.29) is 18.2 Å². The second-order valence-electron chi connectivity index (χ2n) is 3.42. The number of nitrogen functional groups attached to an aromatic ring is 1. The Kier molecular flexibility index (Phi) is 3.50. The number of rotatable bonds is 4. The molecule has 0 bridgehead atoms. The Hall–Kier alpha value is -1.65. The van der Waals surface area contributed by atoms with Crippen molar-refractivity contribution in [2.24, 2.45) is 0 Å². The van der Waals surface area contributed by atoms with E-state index in [9.17, 15) is 8.42 Å². The van der Waals surface area contributed by atoms with Crippen molar-refractivity contribution < 1.29 is 17.7 Å². The van der Waals surface area contributed by atoms with Gasteiger partial charge in [-0.05, 0) is 16.6 Å². The molecular formula is C8H10N5O3S2+. The zero-order valence-corrected chi connectivity index (χ0v) is 10.7. The monoisotopic (exact) mass is 288 g/mol. The van der Waals surface area contributed by atoms with E-state index in [2.05, 4.69) is 14.5 Å². The number of aryl methyl sites for hydroxylation is 1. The van der Waals surface area contributed by atoms with Gasteiger partial charge in [-0.15, -0.1) is 0 Å². The van der Waals surface area contributed by atoms with Gasteiger partial charge in [-0.3, -0.25) is 4.55 Å². The van der Waals surface area contributed by atoms with Gasteiger partial charge < -0.3 is 5.73 Å². The Morgan fingerprint density at radius 3 is 2.78 bits per heavy atom. The van der Waals surface area contributed by atoms with Crippen LogP contribution in [0.3, 0.4) is 0 Å². The molecule has 10 heteroatoms. The Morgan fingerprint density at radius 1 is 1.50 bits per heavy atom. The third kappa shape index (κ3) is 3.42. The SMILES string of the molecule is Nc1nsc(-c2cc[n+](CCS(=O)(=O)O)nc2)n1. The summed E-state index contributed by atoms with van der Waals surface area (Å²) in [5.41, 5.74) is 6.15. The smallest absolute Gasteiger partial charge is 0.271 e. The van der Waals surface area contributed by atoms with Crippen molar-refractivity contribution in [3.63, 3.8) is 0 Å². The Labute approximate surface area is 107 Å². The van der Waals surface area contributed by atoms with Gasteiger partial charge in [0.1, 0.15) is 17.0 Å². The minimum atomic E-state index is -3.98. The summed E-state index contributed by atoms with van der Waals surface area (Å²) >= 11 is 1.15. The highest BCUT2D eigenvalue weighted by Gasteiger charge is 2.12. The van der Waals surface area contributed by atoms with Crippen LogP contribution in [0.15, 0.2) is 18.5 Å². The maximum atomic E-state index is 10.6. The summed E-state index contributed by atoms with van der Waals surface area (Å²) in [5, 5.41) is 4.65. The molecule has 0 aliphatic carbocycles. The van der Waals surface area contributed by atoms with E-state index in [0.717, 1.165) is 17.1 Å². The van der Waals surface area contributed by atoms with Gasteiger partial charge in [0.2, 0.25) is 5.95 Å². The standard InChI is InChI=1S/C8H9N5O3S2/c9-8-11-7(17-12-8)6-1-2-13(10-5-6)3-4-18(14,15)16/h1-2,5H,3-4H2,(H2-,9,12,14,15,16)/p+1. The van der Waals surface area contributed by atoms with E-state index in [1.165, 1.54) is 10.9 Å². The van der Waals surface area contributed by atoms with Gasteiger partial charge >= 0.3 is 0 Å². The number of aromatic nitrogens is 4. The van der Waals surface area contributed by atoms with Crippen molar-refractivity contribution in [1.82, 2.24) is 14.5 Å². The molecule has 3 N–H and O–H groups in total. The van der Waals surface area contributed by atoms with E-state index >= 15 is 0 Å². The van der Waals surface area contributed by atoms with Gasteiger partial charge in [0.25, 0.3) is 10.1 Å². The van der Waals surface area contributed by atoms with Crippen LogP contribution in [0.4, 0.5) is 5.95 Å². The molecule has 2 aromatic heterocycles. The summed E-state index contributed by atoms with van der Waals surface area (Å²) in [4.78, 5) is 4.00. The van der Waals surface area contributed by atoms with Gasteiger partial charge in [0.15, 0.2) is 12.7 Å². The lowest BCUT2D eigenvalue weighted by atomic mass is 10.3. The first-order valence-electron chi connectivity index (χ1n) is 4.84. The van der Waals surface area contributed by atoms with Gasteiger partial charge in [0.05, 0.1) is 0 Å². The lowest BCUT2D eigenvalue weighted by Crippen LogP contribution is -2.40. The molecule has 18 heavy (non-hydrogen) atoms. The van der Waals surface area contributed by atoms with Crippen LogP contribution < -0.4 is 10.4 Å². The first-order chi connectivity index (χ1) is 8.44. The minimum absolute atomic E-state index is 0.0807. The summed E-state index contributed by atoms with van der Waals surface area (Å²) in [6, 6.07) is 1.72. The van der Waals surface area contributed by atoms with Crippen LogP contribution in [-0.4, -0.2) is 33.2 Å². The maximum absolute atomic E-state index is 10.6. The molecule has 0 radical (unpaired) electrons. The normalized spacial score (nSPS) is 11.6. The molecule has 0 saturated heterocycles. The molecule has 0 aliphatic rings. The zero-order chi connectivity index (χ0) is 13.2. The van der Waals surface area contributed by atoms with E-state index < -0.39 is 10.1 Å². The van der Waals surface area contributed by atoms with E-state index in [1.807, 2.05) is 0 Å². The topological polar surface area (TPSA) is 123 Å². The molecule has 2 aromatic rings. The second-order valence-corrected chi connectivity index (χ2v) is 5.75. The Bertz CT molecular complexity index is 637. The first kappa shape index (κ1) is 12.8. The van der Waals surface area contributed by atoms with Crippen LogP contribution >= 0.6 is 11.5 Å². The van der Waals surface area contributed by atoms with Gasteiger partial charge in [-0.1, -0.05) is 4.68 Å². The highest BCUT2D eigenvalue weighted by molar-refractivity contribution is 7.85. The van der Waals surface area contributed by atoms with E-state index in [4.69, 9.17) is 10.3 Å². The molecule has 0 saturated carbocycles. The number of nitrogens with zero attached hydrogens (tertiary/aromatic N) is 4. The van der Waals surface area contributed by atoms with Crippen molar-refractivity contribution in [2.45, 2.75) is 6.54 Å². The molecule has 0 aromatic carbocycles. The summed E-state index contributed by atoms with van der Waals surface area (Å²) in [5.74, 6) is -0.173. The third-order valence-electron chi connectivity index (χ3n) is 2.04. The summed E-state index contributed by atoms with van der Waals surface area (Å²) < 4.78 is 35.0. The fraction of sp³-hybridized carbons (Fsp3) is 0.250. The van der Waals surface area contributed by atoms with Gasteiger partial charge in [-0.2, -0.15) is 17.8 Å². The maximum Gasteiger partial charge on any atom is 0.271 e. The van der Waals surface area contributed by atoms with E-state index in [0.29, 0.717) is 5.01 Å². The van der Waals surface area contributed by atoms with Crippen molar-refractivity contribution in [1.29, 1.82) is 0 Å². The molecule has 0 fully saturated rings. The van der Waals surface area contributed by atoms with Crippen LogP contribution in [0, 0.1) is 0 Å². The van der Waals surface area contributed by atoms with Gasteiger partial charge in [0, 0.05) is 11.6 Å². The number of hydrogen-bond acceptors (Lipinski definition) is 7. The molecule has 96 valence electrons. The number of nitrogens with two attached hydrogens (primary N) is 1. The largest absolute Gasteiger partial charge is 0.367 e.